The van der Waals surface area contributed by atoms with Gasteiger partial charge in [-0.1, -0.05) is 18.2 Å². The minimum atomic E-state index is -0.427. The molecule has 6 nitrogen and oxygen atoms in total. The first-order valence-corrected chi connectivity index (χ1v) is 12.7. The summed E-state index contributed by atoms with van der Waals surface area (Å²) in [4.78, 5) is 38.2. The van der Waals surface area contributed by atoms with Gasteiger partial charge in [0.1, 0.15) is 17.3 Å². The zero-order valence-electron chi connectivity index (χ0n) is 19.5. The van der Waals surface area contributed by atoms with Crippen molar-refractivity contribution in [1.29, 1.82) is 0 Å². The Morgan fingerprint density at radius 1 is 1.00 bits per heavy atom. The number of amides is 1. The summed E-state index contributed by atoms with van der Waals surface area (Å²) in [5, 5.41) is 2.83. The Morgan fingerprint density at radius 2 is 1.69 bits per heavy atom. The maximum Gasteiger partial charge on any atom is 0.262 e. The number of carbonyl (C=O) groups excluding carboxylic acids is 3. The summed E-state index contributed by atoms with van der Waals surface area (Å²) < 4.78 is 12.5. The van der Waals surface area contributed by atoms with E-state index < -0.39 is 5.92 Å². The van der Waals surface area contributed by atoms with Gasteiger partial charge in [-0.05, 0) is 71.1 Å². The van der Waals surface area contributed by atoms with Crippen LogP contribution in [0.25, 0.3) is 0 Å². The van der Waals surface area contributed by atoms with Gasteiger partial charge in [-0.3, -0.25) is 14.4 Å². The number of allylic oxidation sites excluding steroid dienone is 4. The largest absolute Gasteiger partial charge is 0.483 e. The smallest absolute Gasteiger partial charge is 0.262 e. The van der Waals surface area contributed by atoms with Crippen molar-refractivity contribution in [2.24, 2.45) is 0 Å². The number of ether oxygens (including phenoxy) is 2. The van der Waals surface area contributed by atoms with Crippen molar-refractivity contribution in [3.63, 3.8) is 0 Å². The van der Waals surface area contributed by atoms with Crippen molar-refractivity contribution in [1.82, 2.24) is 0 Å². The lowest BCUT2D eigenvalue weighted by Gasteiger charge is -2.36. The van der Waals surface area contributed by atoms with E-state index in [1.54, 1.807) is 6.07 Å². The number of anilines is 1. The van der Waals surface area contributed by atoms with Gasteiger partial charge in [0, 0.05) is 48.4 Å². The van der Waals surface area contributed by atoms with Crippen LogP contribution in [0.1, 0.15) is 55.6 Å². The molecule has 0 atom stereocenters. The van der Waals surface area contributed by atoms with E-state index in [9.17, 15) is 14.4 Å². The lowest BCUT2D eigenvalue weighted by Crippen LogP contribution is -2.30. The highest BCUT2D eigenvalue weighted by atomic mass is 79.9. The first-order valence-electron chi connectivity index (χ1n) is 11.9. The Labute approximate surface area is 212 Å². The molecule has 0 aromatic heterocycles. The number of nitrogens with one attached hydrogen (secondary N) is 1. The van der Waals surface area contributed by atoms with Crippen molar-refractivity contribution < 1.29 is 23.9 Å². The van der Waals surface area contributed by atoms with Gasteiger partial charge >= 0.3 is 0 Å². The summed E-state index contributed by atoms with van der Waals surface area (Å²) in [6.45, 7) is 1.81. The summed E-state index contributed by atoms with van der Waals surface area (Å²) >= 11 is 3.56. The van der Waals surface area contributed by atoms with Crippen molar-refractivity contribution in [3.8, 4) is 5.75 Å². The Kier molecular flexibility index (Phi) is 6.60. The van der Waals surface area contributed by atoms with E-state index in [0.717, 1.165) is 29.7 Å². The number of ketones is 2. The molecule has 35 heavy (non-hydrogen) atoms. The van der Waals surface area contributed by atoms with Crippen LogP contribution in [0.3, 0.4) is 0 Å². The van der Waals surface area contributed by atoms with E-state index in [1.165, 1.54) is 0 Å². The molecular weight excluding hydrogens is 510 g/mol. The standard InChI is InChI=1S/C28H26BrNO5/c1-16-5-2-6-18(13-16)30-25(33)15-34-22-12-11-17(14-19(22)29)26-27-20(31)7-3-9-23(27)35-24-10-4-8-21(32)28(24)26/h2,5-6,11-14,26H,3-4,7-10,15H2,1H3,(H,30,33). The number of benzene rings is 2. The van der Waals surface area contributed by atoms with Gasteiger partial charge < -0.3 is 14.8 Å². The lowest BCUT2D eigenvalue weighted by atomic mass is 9.73. The topological polar surface area (TPSA) is 81.7 Å². The van der Waals surface area contributed by atoms with Gasteiger partial charge in [-0.25, -0.2) is 0 Å². The van der Waals surface area contributed by atoms with Gasteiger partial charge in [-0.2, -0.15) is 0 Å². The zero-order chi connectivity index (χ0) is 24.5. The molecule has 1 heterocycles. The van der Waals surface area contributed by atoms with E-state index in [4.69, 9.17) is 9.47 Å². The van der Waals surface area contributed by atoms with E-state index in [1.807, 2.05) is 43.3 Å². The molecule has 0 unspecified atom stereocenters. The molecule has 1 aliphatic heterocycles. The Morgan fingerprint density at radius 3 is 2.31 bits per heavy atom. The number of hydrogen-bond donors (Lipinski definition) is 1. The third kappa shape index (κ3) is 4.82. The van der Waals surface area contributed by atoms with Gasteiger partial charge in [0.25, 0.3) is 5.91 Å². The average Bonchev–Trinajstić information content (AvgIpc) is 2.82. The Hall–Kier alpha value is -3.19. The second-order valence-electron chi connectivity index (χ2n) is 9.16. The van der Waals surface area contributed by atoms with Crippen LogP contribution in [-0.2, 0) is 19.1 Å². The van der Waals surface area contributed by atoms with Crippen LogP contribution in [0.4, 0.5) is 5.69 Å². The summed E-state index contributed by atoms with van der Waals surface area (Å²) in [7, 11) is 0. The molecule has 7 heteroatoms. The molecule has 0 bridgehead atoms. The van der Waals surface area contributed by atoms with Crippen LogP contribution in [0.2, 0.25) is 0 Å². The predicted molar refractivity (Wildman–Crippen MR) is 135 cm³/mol. The number of aryl methyl sites for hydroxylation is 1. The minimum absolute atomic E-state index is 0.0467. The molecule has 0 saturated heterocycles. The third-order valence-corrected chi connectivity index (χ3v) is 7.21. The third-order valence-electron chi connectivity index (χ3n) is 6.59. The molecule has 0 saturated carbocycles. The van der Waals surface area contributed by atoms with Gasteiger partial charge in [0.05, 0.1) is 4.47 Å². The van der Waals surface area contributed by atoms with E-state index in [-0.39, 0.29) is 24.1 Å². The van der Waals surface area contributed by atoms with Crippen molar-refractivity contribution in [3.05, 3.63) is 80.7 Å². The fourth-order valence-corrected chi connectivity index (χ4v) is 5.54. The SMILES string of the molecule is Cc1cccc(NC(=O)COc2ccc(C3C4=C(CCCC4=O)OC4=C3C(=O)CCC4)cc2Br)c1. The molecule has 2 aliphatic carbocycles. The minimum Gasteiger partial charge on any atom is -0.483 e. The molecule has 1 N–H and O–H groups in total. The van der Waals surface area contributed by atoms with Crippen LogP contribution >= 0.6 is 15.9 Å². The van der Waals surface area contributed by atoms with Crippen LogP contribution in [0, 0.1) is 6.92 Å². The average molecular weight is 536 g/mol. The van der Waals surface area contributed by atoms with E-state index in [0.29, 0.717) is 58.6 Å². The summed E-state index contributed by atoms with van der Waals surface area (Å²) in [5.41, 5.74) is 3.84. The fourth-order valence-electron chi connectivity index (χ4n) is 5.03. The van der Waals surface area contributed by atoms with Crippen LogP contribution in [-0.4, -0.2) is 24.1 Å². The number of halogens is 1. The Balaban J connectivity index is 1.38. The summed E-state index contributed by atoms with van der Waals surface area (Å²) in [6.07, 6.45) is 3.88. The van der Waals surface area contributed by atoms with Crippen LogP contribution in [0.5, 0.6) is 5.75 Å². The van der Waals surface area contributed by atoms with Crippen LogP contribution < -0.4 is 10.1 Å². The molecule has 2 aromatic carbocycles. The number of Topliss-reactive ketones (excluding diaryl/α,β-unsaturated/α-hetero) is 2. The highest BCUT2D eigenvalue weighted by molar-refractivity contribution is 9.10. The molecule has 180 valence electrons. The fraction of sp³-hybridized carbons (Fsp3) is 0.321. The number of rotatable bonds is 5. The Bertz CT molecular complexity index is 1250. The van der Waals surface area contributed by atoms with Crippen molar-refractivity contribution in [2.75, 3.05) is 11.9 Å². The maximum atomic E-state index is 12.9. The van der Waals surface area contributed by atoms with Crippen LogP contribution in [0.15, 0.2) is 69.6 Å². The lowest BCUT2D eigenvalue weighted by molar-refractivity contribution is -0.119. The first-order chi connectivity index (χ1) is 16.9. The van der Waals surface area contributed by atoms with Crippen molar-refractivity contribution in [2.45, 2.75) is 51.4 Å². The molecule has 0 radical (unpaired) electrons. The van der Waals surface area contributed by atoms with Gasteiger partial charge in [0.2, 0.25) is 0 Å². The molecule has 1 amide bonds. The molecular formula is C28H26BrNO5. The highest BCUT2D eigenvalue weighted by Gasteiger charge is 2.41. The monoisotopic (exact) mass is 535 g/mol. The van der Waals surface area contributed by atoms with Gasteiger partial charge in [-0.15, -0.1) is 0 Å². The summed E-state index contributed by atoms with van der Waals surface area (Å²) in [6, 6.07) is 13.1. The molecule has 0 spiro atoms. The van der Waals surface area contributed by atoms with E-state index >= 15 is 0 Å². The molecule has 0 fully saturated rings. The van der Waals surface area contributed by atoms with E-state index in [2.05, 4.69) is 21.2 Å². The highest BCUT2D eigenvalue weighted by Crippen LogP contribution is 2.48. The normalized spacial score (nSPS) is 18.1. The molecule has 2 aromatic rings. The predicted octanol–water partition coefficient (Wildman–Crippen LogP) is 5.90. The zero-order valence-corrected chi connectivity index (χ0v) is 21.1. The second-order valence-corrected chi connectivity index (χ2v) is 10.0. The molecule has 5 rings (SSSR count). The second kappa shape index (κ2) is 9.82. The summed E-state index contributed by atoms with van der Waals surface area (Å²) in [5.74, 6) is 1.34. The van der Waals surface area contributed by atoms with Crippen molar-refractivity contribution >= 4 is 39.1 Å². The van der Waals surface area contributed by atoms with Gasteiger partial charge in [0.15, 0.2) is 18.2 Å². The maximum absolute atomic E-state index is 12.9. The number of carbonyl (C=O) groups is 3. The molecule has 3 aliphatic rings. The first kappa shape index (κ1) is 23.5. The quantitative estimate of drug-likeness (QED) is 0.515. The number of hydrogen-bond acceptors (Lipinski definition) is 5.